The highest BCUT2D eigenvalue weighted by Gasteiger charge is 2.10. The Hall–Kier alpha value is -2.36. The van der Waals surface area contributed by atoms with E-state index in [1.54, 1.807) is 19.1 Å². The van der Waals surface area contributed by atoms with E-state index in [1.165, 1.54) is 7.11 Å². The number of ether oxygens (including phenoxy) is 1. The number of nitrogens with one attached hydrogen (secondary N) is 1. The van der Waals surface area contributed by atoms with Crippen LogP contribution in [0.25, 0.3) is 0 Å². The highest BCUT2D eigenvalue weighted by Crippen LogP contribution is 2.16. The van der Waals surface area contributed by atoms with Gasteiger partial charge in [0.25, 0.3) is 0 Å². The van der Waals surface area contributed by atoms with Gasteiger partial charge in [-0.05, 0) is 31.2 Å². The zero-order valence-corrected chi connectivity index (χ0v) is 10.3. The average Bonchev–Trinajstić information content (AvgIpc) is 2.39. The molecule has 1 aromatic heterocycles. The van der Waals surface area contributed by atoms with Crippen LogP contribution in [0.1, 0.15) is 16.1 Å². The molecule has 92 valence electrons. The Kier molecular flexibility index (Phi) is 3.57. The van der Waals surface area contributed by atoms with Gasteiger partial charge in [0.15, 0.2) is 0 Å². The number of carbonyl (C=O) groups excluding carboxylic acids is 1. The zero-order valence-electron chi connectivity index (χ0n) is 10.3. The van der Waals surface area contributed by atoms with Gasteiger partial charge in [0.1, 0.15) is 5.82 Å². The van der Waals surface area contributed by atoms with Crippen molar-refractivity contribution in [2.24, 2.45) is 0 Å². The first kappa shape index (κ1) is 12.1. The molecule has 2 rings (SSSR count). The van der Waals surface area contributed by atoms with Gasteiger partial charge in [-0.25, -0.2) is 9.78 Å². The fourth-order valence-electron chi connectivity index (χ4n) is 1.63. The number of para-hydroxylation sites is 1. The highest BCUT2D eigenvalue weighted by atomic mass is 16.5. The second-order valence-electron chi connectivity index (χ2n) is 3.81. The van der Waals surface area contributed by atoms with Crippen molar-refractivity contribution in [1.82, 2.24) is 4.98 Å². The lowest BCUT2D eigenvalue weighted by molar-refractivity contribution is 0.0599. The van der Waals surface area contributed by atoms with Crippen LogP contribution in [-0.2, 0) is 4.74 Å². The zero-order chi connectivity index (χ0) is 13.0. The van der Waals surface area contributed by atoms with E-state index in [2.05, 4.69) is 15.0 Å². The molecule has 18 heavy (non-hydrogen) atoms. The number of hydrogen-bond donors (Lipinski definition) is 1. The van der Waals surface area contributed by atoms with Gasteiger partial charge >= 0.3 is 5.97 Å². The van der Waals surface area contributed by atoms with Crippen LogP contribution in [0.5, 0.6) is 0 Å². The molecular weight excluding hydrogens is 228 g/mol. The molecule has 1 heterocycles. The standard InChI is InChI=1S/C14H14N2O2/c1-10-12(14(17)18-2)8-9-13(15-10)16-11-6-4-3-5-7-11/h3-9H,1-2H3,(H,15,16). The number of hydrogen-bond acceptors (Lipinski definition) is 4. The van der Waals surface area contributed by atoms with Gasteiger partial charge in [0.2, 0.25) is 0 Å². The smallest absolute Gasteiger partial charge is 0.339 e. The van der Waals surface area contributed by atoms with Crippen LogP contribution >= 0.6 is 0 Å². The predicted molar refractivity (Wildman–Crippen MR) is 70.0 cm³/mol. The number of rotatable bonds is 3. The fourth-order valence-corrected chi connectivity index (χ4v) is 1.63. The summed E-state index contributed by atoms with van der Waals surface area (Å²) in [4.78, 5) is 15.7. The van der Waals surface area contributed by atoms with Crippen molar-refractivity contribution in [2.45, 2.75) is 6.92 Å². The number of pyridine rings is 1. The van der Waals surface area contributed by atoms with E-state index < -0.39 is 0 Å². The molecule has 1 N–H and O–H groups in total. The third-order valence-electron chi connectivity index (χ3n) is 2.54. The lowest BCUT2D eigenvalue weighted by Gasteiger charge is -2.08. The lowest BCUT2D eigenvalue weighted by atomic mass is 10.2. The number of aromatic nitrogens is 1. The number of carbonyl (C=O) groups is 1. The third-order valence-corrected chi connectivity index (χ3v) is 2.54. The molecule has 4 heteroatoms. The van der Waals surface area contributed by atoms with Gasteiger partial charge in [-0.1, -0.05) is 18.2 Å². The number of anilines is 2. The Labute approximate surface area is 106 Å². The first-order valence-electron chi connectivity index (χ1n) is 5.59. The van der Waals surface area contributed by atoms with Crippen LogP contribution < -0.4 is 5.32 Å². The number of nitrogens with zero attached hydrogens (tertiary/aromatic N) is 1. The molecule has 0 saturated carbocycles. The Morgan fingerprint density at radius 2 is 1.89 bits per heavy atom. The van der Waals surface area contributed by atoms with Crippen LogP contribution in [0.15, 0.2) is 42.5 Å². The minimum Gasteiger partial charge on any atom is -0.465 e. The van der Waals surface area contributed by atoms with Crippen LogP contribution in [-0.4, -0.2) is 18.1 Å². The molecule has 0 spiro atoms. The van der Waals surface area contributed by atoms with E-state index >= 15 is 0 Å². The Morgan fingerprint density at radius 3 is 2.50 bits per heavy atom. The summed E-state index contributed by atoms with van der Waals surface area (Å²) in [6, 6.07) is 13.2. The van der Waals surface area contributed by atoms with E-state index in [-0.39, 0.29) is 5.97 Å². The van der Waals surface area contributed by atoms with Crippen molar-refractivity contribution < 1.29 is 9.53 Å². The fraction of sp³-hybridized carbons (Fsp3) is 0.143. The van der Waals surface area contributed by atoms with Crippen molar-refractivity contribution in [3.8, 4) is 0 Å². The normalized spacial score (nSPS) is 9.89. The van der Waals surface area contributed by atoms with Crippen molar-refractivity contribution in [2.75, 3.05) is 12.4 Å². The molecule has 0 fully saturated rings. The molecule has 0 atom stereocenters. The molecule has 0 aliphatic carbocycles. The maximum atomic E-state index is 11.4. The molecule has 0 radical (unpaired) electrons. The summed E-state index contributed by atoms with van der Waals surface area (Å²) in [5.41, 5.74) is 2.08. The summed E-state index contributed by atoms with van der Waals surface area (Å²) in [5, 5.41) is 3.17. The molecule has 0 bridgehead atoms. The average molecular weight is 242 g/mol. The second kappa shape index (κ2) is 5.31. The van der Waals surface area contributed by atoms with E-state index in [0.29, 0.717) is 17.1 Å². The van der Waals surface area contributed by atoms with E-state index in [0.717, 1.165) is 5.69 Å². The monoisotopic (exact) mass is 242 g/mol. The van der Waals surface area contributed by atoms with Crippen molar-refractivity contribution >= 4 is 17.5 Å². The largest absolute Gasteiger partial charge is 0.465 e. The number of aryl methyl sites for hydroxylation is 1. The Balaban J connectivity index is 2.22. The molecular formula is C14H14N2O2. The summed E-state index contributed by atoms with van der Waals surface area (Å²) in [6.07, 6.45) is 0. The van der Waals surface area contributed by atoms with Crippen molar-refractivity contribution in [3.05, 3.63) is 53.7 Å². The Morgan fingerprint density at radius 1 is 1.17 bits per heavy atom. The molecule has 0 amide bonds. The summed E-state index contributed by atoms with van der Waals surface area (Å²) in [5.74, 6) is 0.331. The molecule has 4 nitrogen and oxygen atoms in total. The SMILES string of the molecule is COC(=O)c1ccc(Nc2ccccc2)nc1C. The number of methoxy groups -OCH3 is 1. The molecule has 2 aromatic rings. The lowest BCUT2D eigenvalue weighted by Crippen LogP contribution is -2.06. The van der Waals surface area contributed by atoms with Crippen LogP contribution in [0.4, 0.5) is 11.5 Å². The Bertz CT molecular complexity index is 553. The van der Waals surface area contributed by atoms with Gasteiger partial charge in [-0.3, -0.25) is 0 Å². The molecule has 1 aromatic carbocycles. The highest BCUT2D eigenvalue weighted by molar-refractivity contribution is 5.90. The predicted octanol–water partition coefficient (Wildman–Crippen LogP) is 2.92. The van der Waals surface area contributed by atoms with Gasteiger partial charge in [-0.15, -0.1) is 0 Å². The number of benzene rings is 1. The minimum absolute atomic E-state index is 0.369. The maximum absolute atomic E-state index is 11.4. The van der Waals surface area contributed by atoms with E-state index in [9.17, 15) is 4.79 Å². The van der Waals surface area contributed by atoms with Crippen molar-refractivity contribution in [3.63, 3.8) is 0 Å². The first-order valence-corrected chi connectivity index (χ1v) is 5.59. The van der Waals surface area contributed by atoms with Crippen molar-refractivity contribution in [1.29, 1.82) is 0 Å². The van der Waals surface area contributed by atoms with Gasteiger partial charge < -0.3 is 10.1 Å². The van der Waals surface area contributed by atoms with E-state index in [4.69, 9.17) is 0 Å². The third kappa shape index (κ3) is 2.66. The topological polar surface area (TPSA) is 51.2 Å². The molecule has 0 aliphatic rings. The summed E-state index contributed by atoms with van der Waals surface area (Å²) in [7, 11) is 1.36. The second-order valence-corrected chi connectivity index (χ2v) is 3.81. The number of esters is 1. The van der Waals surface area contributed by atoms with Gasteiger partial charge in [0, 0.05) is 5.69 Å². The van der Waals surface area contributed by atoms with Gasteiger partial charge in [0.05, 0.1) is 18.4 Å². The molecule has 0 aliphatic heterocycles. The van der Waals surface area contributed by atoms with Crippen LogP contribution in [0.2, 0.25) is 0 Å². The first-order chi connectivity index (χ1) is 8.70. The maximum Gasteiger partial charge on any atom is 0.339 e. The molecule has 0 unspecified atom stereocenters. The summed E-state index contributed by atoms with van der Waals surface area (Å²) < 4.78 is 4.68. The van der Waals surface area contributed by atoms with Crippen LogP contribution in [0, 0.1) is 6.92 Å². The van der Waals surface area contributed by atoms with E-state index in [1.807, 2.05) is 30.3 Å². The summed E-state index contributed by atoms with van der Waals surface area (Å²) in [6.45, 7) is 1.78. The summed E-state index contributed by atoms with van der Waals surface area (Å²) >= 11 is 0. The van der Waals surface area contributed by atoms with Gasteiger partial charge in [-0.2, -0.15) is 0 Å². The van der Waals surface area contributed by atoms with Crippen LogP contribution in [0.3, 0.4) is 0 Å². The minimum atomic E-state index is -0.369. The quantitative estimate of drug-likeness (QED) is 0.841. The molecule has 0 saturated heterocycles.